The number of aromatic nitrogens is 3. The van der Waals surface area contributed by atoms with Gasteiger partial charge in [0.25, 0.3) is 11.8 Å². The Labute approximate surface area is 216 Å². The van der Waals surface area contributed by atoms with E-state index < -0.39 is 23.7 Å². The minimum absolute atomic E-state index is 0.00637. The molecule has 4 rings (SSSR count). The minimum Gasteiger partial charge on any atom is -0.421 e. The molecular weight excluding hydrogens is 497 g/mol. The summed E-state index contributed by atoms with van der Waals surface area (Å²) in [5.74, 6) is -1.28. The molecule has 1 unspecified atom stereocenters. The Bertz CT molecular complexity index is 1460. The number of nitrogens with two attached hydrogens (primary N) is 2. The van der Waals surface area contributed by atoms with Gasteiger partial charge in [-0.1, -0.05) is 26.0 Å². The van der Waals surface area contributed by atoms with E-state index >= 15 is 0 Å². The quantitative estimate of drug-likeness (QED) is 0.299. The highest BCUT2D eigenvalue weighted by Crippen LogP contribution is 2.42. The first-order chi connectivity index (χ1) is 17.5. The molecule has 0 spiro atoms. The van der Waals surface area contributed by atoms with Crippen molar-refractivity contribution in [3.8, 4) is 21.9 Å². The van der Waals surface area contributed by atoms with E-state index in [9.17, 15) is 19.1 Å². The fraction of sp³-hybridized carbons (Fsp3) is 0.269. The van der Waals surface area contributed by atoms with E-state index in [1.807, 2.05) is 13.8 Å². The number of pyridine rings is 1. The number of hydrogen-bond acceptors (Lipinski definition) is 8. The topological polar surface area (TPSA) is 158 Å². The largest absolute Gasteiger partial charge is 0.421 e. The highest BCUT2D eigenvalue weighted by molar-refractivity contribution is 7.17. The number of benzene rings is 1. The molecule has 3 heterocycles. The van der Waals surface area contributed by atoms with Gasteiger partial charge in [0, 0.05) is 23.8 Å². The van der Waals surface area contributed by atoms with Gasteiger partial charge in [-0.25, -0.2) is 4.39 Å². The molecule has 5 N–H and O–H groups in total. The molecule has 9 nitrogen and oxygen atoms in total. The summed E-state index contributed by atoms with van der Waals surface area (Å²) in [6.45, 7) is 5.57. The molecule has 0 aliphatic rings. The van der Waals surface area contributed by atoms with Gasteiger partial charge in [0.15, 0.2) is 0 Å². The van der Waals surface area contributed by atoms with E-state index in [2.05, 4.69) is 10.2 Å². The van der Waals surface area contributed by atoms with Crippen molar-refractivity contribution >= 4 is 23.2 Å². The zero-order valence-electron chi connectivity index (χ0n) is 20.5. The van der Waals surface area contributed by atoms with E-state index in [-0.39, 0.29) is 34.6 Å². The van der Waals surface area contributed by atoms with Crippen molar-refractivity contribution in [1.29, 1.82) is 0 Å². The smallest absolute Gasteiger partial charge is 0.258 e. The van der Waals surface area contributed by atoms with Crippen molar-refractivity contribution in [2.75, 3.05) is 0 Å². The van der Waals surface area contributed by atoms with Crippen molar-refractivity contribution in [3.63, 3.8) is 0 Å². The van der Waals surface area contributed by atoms with Gasteiger partial charge in [0.05, 0.1) is 33.5 Å². The van der Waals surface area contributed by atoms with Crippen LogP contribution in [0.5, 0.6) is 0 Å². The molecule has 1 atom stereocenters. The SMILES string of the molecule is Cc1nnc(-c2c(CC(O)c3ccc(F)cc3)nc(CC(C)C)c(C(N)=O)c2-c2ccc(C(N)=O)s2)o1. The maximum absolute atomic E-state index is 13.5. The average Bonchev–Trinajstić information content (AvgIpc) is 3.48. The van der Waals surface area contributed by atoms with Crippen molar-refractivity contribution in [1.82, 2.24) is 15.2 Å². The molecule has 192 valence electrons. The van der Waals surface area contributed by atoms with Crippen LogP contribution in [0.1, 0.15) is 62.8 Å². The van der Waals surface area contributed by atoms with Crippen LogP contribution in [0.3, 0.4) is 0 Å². The van der Waals surface area contributed by atoms with Crippen molar-refractivity contribution in [2.24, 2.45) is 17.4 Å². The molecule has 0 fully saturated rings. The number of thiophene rings is 1. The van der Waals surface area contributed by atoms with Crippen LogP contribution in [0.25, 0.3) is 21.9 Å². The first-order valence-electron chi connectivity index (χ1n) is 11.5. The second-order valence-corrected chi connectivity index (χ2v) is 10.1. The predicted molar refractivity (Wildman–Crippen MR) is 136 cm³/mol. The summed E-state index contributed by atoms with van der Waals surface area (Å²) in [5.41, 5.74) is 13.5. The maximum Gasteiger partial charge on any atom is 0.258 e. The Morgan fingerprint density at radius 2 is 1.70 bits per heavy atom. The molecule has 0 saturated carbocycles. The summed E-state index contributed by atoms with van der Waals surface area (Å²) in [5, 5.41) is 19.1. The molecule has 1 aromatic carbocycles. The lowest BCUT2D eigenvalue weighted by Crippen LogP contribution is -2.20. The van der Waals surface area contributed by atoms with E-state index in [1.54, 1.807) is 19.1 Å². The summed E-state index contributed by atoms with van der Waals surface area (Å²) < 4.78 is 19.2. The lowest BCUT2D eigenvalue weighted by atomic mass is 9.90. The number of rotatable bonds is 9. The van der Waals surface area contributed by atoms with Gasteiger partial charge >= 0.3 is 0 Å². The van der Waals surface area contributed by atoms with Gasteiger partial charge < -0.3 is 21.0 Å². The van der Waals surface area contributed by atoms with Crippen molar-refractivity contribution in [2.45, 2.75) is 39.7 Å². The lowest BCUT2D eigenvalue weighted by molar-refractivity contribution is 0.0993. The normalized spacial score (nSPS) is 12.2. The number of aliphatic hydroxyl groups excluding tert-OH is 1. The number of nitrogens with zero attached hydrogens (tertiary/aromatic N) is 3. The number of aryl methyl sites for hydroxylation is 1. The molecule has 37 heavy (non-hydrogen) atoms. The van der Waals surface area contributed by atoms with Gasteiger partial charge in [-0.15, -0.1) is 21.5 Å². The van der Waals surface area contributed by atoms with Gasteiger partial charge in [0.2, 0.25) is 11.8 Å². The average molecular weight is 524 g/mol. The fourth-order valence-corrected chi connectivity index (χ4v) is 5.02. The Balaban J connectivity index is 2.03. The van der Waals surface area contributed by atoms with Crippen LogP contribution in [0, 0.1) is 18.7 Å². The number of primary amides is 2. The molecule has 0 aliphatic heterocycles. The van der Waals surface area contributed by atoms with Crippen LogP contribution in [-0.2, 0) is 12.8 Å². The number of carbonyl (C=O) groups is 2. The first-order valence-corrected chi connectivity index (χ1v) is 12.4. The van der Waals surface area contributed by atoms with E-state index in [0.29, 0.717) is 39.4 Å². The fourth-order valence-electron chi connectivity index (χ4n) is 4.10. The zero-order chi connectivity index (χ0) is 26.9. The number of hydrogen-bond donors (Lipinski definition) is 3. The van der Waals surface area contributed by atoms with Crippen LogP contribution in [-0.4, -0.2) is 32.1 Å². The monoisotopic (exact) mass is 523 g/mol. The zero-order valence-corrected chi connectivity index (χ0v) is 21.3. The third-order valence-electron chi connectivity index (χ3n) is 5.67. The molecule has 0 radical (unpaired) electrons. The van der Waals surface area contributed by atoms with Gasteiger partial charge in [-0.3, -0.25) is 14.6 Å². The maximum atomic E-state index is 13.5. The number of carbonyl (C=O) groups excluding carboxylic acids is 2. The summed E-state index contributed by atoms with van der Waals surface area (Å²) in [6.07, 6.45) is -0.644. The molecule has 3 aromatic heterocycles. The third kappa shape index (κ3) is 5.57. The standard InChI is InChI=1S/C26H26FN5O4S/c1-12(2)10-16-21(25(29)35)23(19-8-9-20(37-19)24(28)34)22(26-32-31-13(3)36-26)17(30-16)11-18(33)14-4-6-15(27)7-5-14/h4-9,12,18,33H,10-11H2,1-3H3,(H2,28,34)(H2,29,35). The van der Waals surface area contributed by atoms with Crippen LogP contribution in [0.4, 0.5) is 4.39 Å². The Morgan fingerprint density at radius 3 is 2.24 bits per heavy atom. The second-order valence-electron chi connectivity index (χ2n) is 9.02. The molecule has 0 aliphatic carbocycles. The molecule has 2 amide bonds. The first kappa shape index (κ1) is 26.1. The number of amides is 2. The summed E-state index contributed by atoms with van der Waals surface area (Å²) in [7, 11) is 0. The second kappa shape index (κ2) is 10.6. The van der Waals surface area contributed by atoms with Crippen LogP contribution in [0.15, 0.2) is 40.8 Å². The minimum atomic E-state index is -1.06. The van der Waals surface area contributed by atoms with E-state index in [1.165, 1.54) is 24.3 Å². The predicted octanol–water partition coefficient (Wildman–Crippen LogP) is 3.98. The Hall–Kier alpha value is -3.96. The molecule has 11 heteroatoms. The van der Waals surface area contributed by atoms with Gasteiger partial charge in [-0.05, 0) is 42.2 Å². The van der Waals surface area contributed by atoms with Crippen molar-refractivity contribution in [3.05, 3.63) is 75.5 Å². The van der Waals surface area contributed by atoms with E-state index in [4.69, 9.17) is 20.9 Å². The highest BCUT2D eigenvalue weighted by atomic mass is 32.1. The van der Waals surface area contributed by atoms with Gasteiger partial charge in [0.1, 0.15) is 5.82 Å². The third-order valence-corrected chi connectivity index (χ3v) is 6.79. The number of aliphatic hydroxyl groups is 1. The van der Waals surface area contributed by atoms with E-state index in [0.717, 1.165) is 11.3 Å². The summed E-state index contributed by atoms with van der Waals surface area (Å²) >= 11 is 1.09. The summed E-state index contributed by atoms with van der Waals surface area (Å²) in [4.78, 5) is 30.3. The van der Waals surface area contributed by atoms with Crippen LogP contribution in [0.2, 0.25) is 0 Å². The number of halogens is 1. The van der Waals surface area contributed by atoms with Crippen LogP contribution >= 0.6 is 11.3 Å². The van der Waals surface area contributed by atoms with Crippen LogP contribution < -0.4 is 11.5 Å². The summed E-state index contributed by atoms with van der Waals surface area (Å²) in [6, 6.07) is 8.73. The molecular formula is C26H26FN5O4S. The molecule has 4 aromatic rings. The Kier molecular flexibility index (Phi) is 7.46. The highest BCUT2D eigenvalue weighted by Gasteiger charge is 2.30. The lowest BCUT2D eigenvalue weighted by Gasteiger charge is -2.20. The van der Waals surface area contributed by atoms with Gasteiger partial charge in [-0.2, -0.15) is 0 Å². The molecule has 0 saturated heterocycles. The Morgan fingerprint density at radius 1 is 1.00 bits per heavy atom. The van der Waals surface area contributed by atoms with Crippen molar-refractivity contribution < 1.29 is 23.5 Å². The molecule has 0 bridgehead atoms.